The molecule has 9 heteroatoms. The van der Waals surface area contributed by atoms with Gasteiger partial charge in [0.2, 0.25) is 11.7 Å². The number of aromatic nitrogens is 2. The average Bonchev–Trinajstić information content (AvgIpc) is 3.41. The van der Waals surface area contributed by atoms with Crippen LogP contribution in [0.5, 0.6) is 0 Å². The minimum absolute atomic E-state index is 0.165. The van der Waals surface area contributed by atoms with E-state index in [9.17, 15) is 22.8 Å². The maximum atomic E-state index is 13.3. The number of nitrogens with one attached hydrogen (secondary N) is 2. The number of anilines is 1. The standard InChI is InChI=1S/C20H17F3N4O2/c21-20(22,23)19-26-15-3-1-2-4-16(15)27(19)11-17(28)24-13-7-5-12(6-8-13)18(29)25-14-9-10-14/h1-8,14H,9-11H2,(H,24,28)(H,25,29). The van der Waals surface area contributed by atoms with E-state index < -0.39 is 24.5 Å². The largest absolute Gasteiger partial charge is 0.449 e. The molecule has 1 aliphatic rings. The highest BCUT2D eigenvalue weighted by Gasteiger charge is 2.38. The number of alkyl halides is 3. The van der Waals surface area contributed by atoms with Crippen LogP contribution in [0.4, 0.5) is 18.9 Å². The molecule has 0 atom stereocenters. The van der Waals surface area contributed by atoms with Crippen molar-refractivity contribution < 1.29 is 22.8 Å². The van der Waals surface area contributed by atoms with Gasteiger partial charge in [0.05, 0.1) is 11.0 Å². The lowest BCUT2D eigenvalue weighted by molar-refractivity contribution is -0.147. The van der Waals surface area contributed by atoms with Crippen LogP contribution < -0.4 is 10.6 Å². The Morgan fingerprint density at radius 3 is 2.41 bits per heavy atom. The fourth-order valence-electron chi connectivity index (χ4n) is 3.00. The summed E-state index contributed by atoms with van der Waals surface area (Å²) in [6, 6.07) is 12.5. The van der Waals surface area contributed by atoms with Crippen LogP contribution in [0.25, 0.3) is 11.0 Å². The molecule has 0 spiro atoms. The van der Waals surface area contributed by atoms with Crippen LogP contribution in [0.3, 0.4) is 0 Å². The van der Waals surface area contributed by atoms with Gasteiger partial charge in [-0.2, -0.15) is 13.2 Å². The number of imidazole rings is 1. The van der Waals surface area contributed by atoms with Crippen LogP contribution >= 0.6 is 0 Å². The number of benzene rings is 2. The van der Waals surface area contributed by atoms with Gasteiger partial charge in [0, 0.05) is 17.3 Å². The van der Waals surface area contributed by atoms with Crippen molar-refractivity contribution in [2.45, 2.75) is 31.6 Å². The average molecular weight is 402 g/mol. The molecule has 1 saturated carbocycles. The lowest BCUT2D eigenvalue weighted by atomic mass is 10.2. The molecule has 0 aliphatic heterocycles. The van der Waals surface area contributed by atoms with E-state index in [0.717, 1.165) is 17.4 Å². The molecule has 29 heavy (non-hydrogen) atoms. The zero-order chi connectivity index (χ0) is 20.6. The number of para-hydroxylation sites is 2. The van der Waals surface area contributed by atoms with E-state index >= 15 is 0 Å². The smallest absolute Gasteiger partial charge is 0.349 e. The molecule has 1 fully saturated rings. The quantitative estimate of drug-likeness (QED) is 0.685. The Balaban J connectivity index is 1.49. The van der Waals surface area contributed by atoms with Crippen LogP contribution in [0.2, 0.25) is 0 Å². The maximum absolute atomic E-state index is 13.3. The number of amides is 2. The first-order chi connectivity index (χ1) is 13.8. The second kappa shape index (κ2) is 7.23. The SMILES string of the molecule is O=C(Cn1c(C(F)(F)F)nc2ccccc21)Nc1ccc(C(=O)NC2CC2)cc1. The zero-order valence-corrected chi connectivity index (χ0v) is 15.2. The summed E-state index contributed by atoms with van der Waals surface area (Å²) in [5.41, 5.74) is 1.23. The molecule has 2 amide bonds. The number of nitrogens with zero attached hydrogens (tertiary/aromatic N) is 2. The van der Waals surface area contributed by atoms with Gasteiger partial charge in [0.25, 0.3) is 5.91 Å². The molecule has 2 aromatic carbocycles. The Morgan fingerprint density at radius 1 is 1.07 bits per heavy atom. The summed E-state index contributed by atoms with van der Waals surface area (Å²) in [5.74, 6) is -1.94. The van der Waals surface area contributed by atoms with Gasteiger partial charge in [0.15, 0.2) is 0 Å². The summed E-state index contributed by atoms with van der Waals surface area (Å²) in [7, 11) is 0. The van der Waals surface area contributed by atoms with Gasteiger partial charge in [-0.15, -0.1) is 0 Å². The van der Waals surface area contributed by atoms with Crippen molar-refractivity contribution in [3.8, 4) is 0 Å². The van der Waals surface area contributed by atoms with E-state index in [4.69, 9.17) is 0 Å². The summed E-state index contributed by atoms with van der Waals surface area (Å²) in [4.78, 5) is 28.0. The Morgan fingerprint density at radius 2 is 1.76 bits per heavy atom. The number of carbonyl (C=O) groups excluding carboxylic acids is 2. The first-order valence-corrected chi connectivity index (χ1v) is 9.04. The fraction of sp³-hybridized carbons (Fsp3) is 0.250. The first-order valence-electron chi connectivity index (χ1n) is 9.04. The van der Waals surface area contributed by atoms with Gasteiger partial charge in [-0.1, -0.05) is 12.1 Å². The van der Waals surface area contributed by atoms with Gasteiger partial charge in [0.1, 0.15) is 6.54 Å². The predicted octanol–water partition coefficient (Wildman–Crippen LogP) is 3.59. The molecule has 4 rings (SSSR count). The highest BCUT2D eigenvalue weighted by atomic mass is 19.4. The summed E-state index contributed by atoms with van der Waals surface area (Å²) in [6.45, 7) is -0.542. The van der Waals surface area contributed by atoms with E-state index in [2.05, 4.69) is 15.6 Å². The molecule has 2 N–H and O–H groups in total. The Labute approximate surface area is 163 Å². The molecule has 6 nitrogen and oxygen atoms in total. The van der Waals surface area contributed by atoms with Crippen molar-refractivity contribution in [2.75, 3.05) is 5.32 Å². The summed E-state index contributed by atoms with van der Waals surface area (Å²) < 4.78 is 40.8. The van der Waals surface area contributed by atoms with Crippen molar-refractivity contribution in [1.82, 2.24) is 14.9 Å². The molecule has 1 aliphatic carbocycles. The molecule has 1 heterocycles. The van der Waals surface area contributed by atoms with Gasteiger partial charge >= 0.3 is 6.18 Å². The van der Waals surface area contributed by atoms with Crippen LogP contribution in [0, 0.1) is 0 Å². The minimum atomic E-state index is -4.68. The Hall–Kier alpha value is -3.36. The molecular weight excluding hydrogens is 385 g/mol. The van der Waals surface area contributed by atoms with Gasteiger partial charge < -0.3 is 15.2 Å². The molecule has 0 unspecified atom stereocenters. The number of hydrogen-bond acceptors (Lipinski definition) is 3. The van der Waals surface area contributed by atoms with Crippen molar-refractivity contribution in [2.24, 2.45) is 0 Å². The first kappa shape index (κ1) is 19.0. The van der Waals surface area contributed by atoms with E-state index in [1.807, 2.05) is 0 Å². The fourth-order valence-corrected chi connectivity index (χ4v) is 3.00. The minimum Gasteiger partial charge on any atom is -0.349 e. The molecule has 0 bridgehead atoms. The predicted molar refractivity (Wildman–Crippen MR) is 100 cm³/mol. The van der Waals surface area contributed by atoms with Crippen molar-refractivity contribution in [3.05, 3.63) is 59.9 Å². The zero-order valence-electron chi connectivity index (χ0n) is 15.2. The number of rotatable bonds is 5. The Kier molecular flexibility index (Phi) is 4.73. The summed E-state index contributed by atoms with van der Waals surface area (Å²) in [5, 5.41) is 5.41. The molecule has 1 aromatic heterocycles. The lowest BCUT2D eigenvalue weighted by Gasteiger charge is -2.12. The molecule has 0 radical (unpaired) electrons. The van der Waals surface area contributed by atoms with Gasteiger partial charge in [-0.05, 0) is 49.2 Å². The monoisotopic (exact) mass is 402 g/mol. The Bertz CT molecular complexity index is 1070. The maximum Gasteiger partial charge on any atom is 0.449 e. The highest BCUT2D eigenvalue weighted by Crippen LogP contribution is 2.31. The third kappa shape index (κ3) is 4.23. The summed E-state index contributed by atoms with van der Waals surface area (Å²) >= 11 is 0. The highest BCUT2D eigenvalue weighted by molar-refractivity contribution is 5.96. The van der Waals surface area contributed by atoms with E-state index in [-0.39, 0.29) is 23.0 Å². The third-order valence-corrected chi connectivity index (χ3v) is 4.55. The van der Waals surface area contributed by atoms with Crippen LogP contribution in [-0.2, 0) is 17.5 Å². The molecule has 3 aromatic rings. The topological polar surface area (TPSA) is 76.0 Å². The number of halogens is 3. The second-order valence-electron chi connectivity index (χ2n) is 6.88. The van der Waals surface area contributed by atoms with Crippen molar-refractivity contribution >= 4 is 28.5 Å². The van der Waals surface area contributed by atoms with E-state index in [1.165, 1.54) is 24.3 Å². The molecule has 150 valence electrons. The van der Waals surface area contributed by atoms with Crippen molar-refractivity contribution in [3.63, 3.8) is 0 Å². The normalized spacial score (nSPS) is 14.0. The van der Waals surface area contributed by atoms with Gasteiger partial charge in [-0.3, -0.25) is 9.59 Å². The van der Waals surface area contributed by atoms with E-state index in [1.54, 1.807) is 24.3 Å². The van der Waals surface area contributed by atoms with Crippen molar-refractivity contribution in [1.29, 1.82) is 0 Å². The summed E-state index contributed by atoms with van der Waals surface area (Å²) in [6.07, 6.45) is -2.73. The molecular formula is C20H17F3N4O2. The number of carbonyl (C=O) groups is 2. The van der Waals surface area contributed by atoms with Crippen LogP contribution in [0.15, 0.2) is 48.5 Å². The number of hydrogen-bond donors (Lipinski definition) is 2. The number of fused-ring (bicyclic) bond motifs is 1. The third-order valence-electron chi connectivity index (χ3n) is 4.55. The van der Waals surface area contributed by atoms with E-state index in [0.29, 0.717) is 11.3 Å². The van der Waals surface area contributed by atoms with Gasteiger partial charge in [-0.25, -0.2) is 4.98 Å². The van der Waals surface area contributed by atoms with Crippen LogP contribution in [-0.4, -0.2) is 27.4 Å². The lowest BCUT2D eigenvalue weighted by Crippen LogP contribution is -2.25. The van der Waals surface area contributed by atoms with Crippen LogP contribution in [0.1, 0.15) is 29.0 Å². The molecule has 0 saturated heterocycles. The second-order valence-corrected chi connectivity index (χ2v) is 6.88.